The first kappa shape index (κ1) is 23.3. The van der Waals surface area contributed by atoms with Crippen molar-refractivity contribution in [2.24, 2.45) is 4.99 Å². The molecule has 4 heterocycles. The Morgan fingerprint density at radius 3 is 2.34 bits per heavy atom. The SMILES string of the molecule is Cc1nc(N)nc(N2CCN(C(=NC#N)N3CCN(C4CCCC4)CC3)CC2)c1-c1cccnc1. The summed E-state index contributed by atoms with van der Waals surface area (Å²) in [4.78, 5) is 27.0. The maximum Gasteiger partial charge on any atom is 0.222 e. The molecule has 2 saturated heterocycles. The van der Waals surface area contributed by atoms with Crippen LogP contribution in [0, 0.1) is 18.4 Å². The highest BCUT2D eigenvalue weighted by molar-refractivity contribution is 5.82. The quantitative estimate of drug-likeness (QED) is 0.405. The minimum absolute atomic E-state index is 0.277. The summed E-state index contributed by atoms with van der Waals surface area (Å²) in [5, 5.41) is 9.43. The largest absolute Gasteiger partial charge is 0.368 e. The molecule has 0 unspecified atom stereocenters. The Morgan fingerprint density at radius 1 is 1.03 bits per heavy atom. The molecule has 0 amide bonds. The fourth-order valence-corrected chi connectivity index (χ4v) is 5.72. The normalized spacial score (nSPS) is 20.3. The van der Waals surface area contributed by atoms with Gasteiger partial charge in [0.15, 0.2) is 0 Å². The van der Waals surface area contributed by atoms with Crippen LogP contribution < -0.4 is 10.6 Å². The number of anilines is 2. The maximum atomic E-state index is 9.43. The Bertz CT molecular complexity index is 1070. The van der Waals surface area contributed by atoms with E-state index in [-0.39, 0.29) is 5.95 Å². The van der Waals surface area contributed by atoms with Crippen molar-refractivity contribution in [1.82, 2.24) is 29.7 Å². The van der Waals surface area contributed by atoms with E-state index in [9.17, 15) is 5.26 Å². The van der Waals surface area contributed by atoms with Crippen molar-refractivity contribution in [3.63, 3.8) is 0 Å². The molecule has 2 aromatic heterocycles. The molecule has 10 heteroatoms. The number of aromatic nitrogens is 3. The summed E-state index contributed by atoms with van der Waals surface area (Å²) in [7, 11) is 0. The second-order valence-electron chi connectivity index (χ2n) is 9.55. The van der Waals surface area contributed by atoms with Crippen molar-refractivity contribution in [2.75, 3.05) is 63.0 Å². The van der Waals surface area contributed by atoms with Gasteiger partial charge < -0.3 is 20.4 Å². The van der Waals surface area contributed by atoms with Crippen LogP contribution in [0.15, 0.2) is 29.5 Å². The van der Waals surface area contributed by atoms with E-state index in [0.717, 1.165) is 87.0 Å². The first-order valence-electron chi connectivity index (χ1n) is 12.6. The maximum absolute atomic E-state index is 9.43. The number of nitrogens with two attached hydrogens (primary N) is 1. The van der Waals surface area contributed by atoms with Gasteiger partial charge in [-0.05, 0) is 25.8 Å². The highest BCUT2D eigenvalue weighted by atomic mass is 15.4. The predicted octanol–water partition coefficient (Wildman–Crippen LogP) is 1.95. The van der Waals surface area contributed by atoms with Gasteiger partial charge in [0.2, 0.25) is 18.1 Å². The zero-order valence-corrected chi connectivity index (χ0v) is 20.5. The van der Waals surface area contributed by atoms with E-state index in [1.54, 1.807) is 6.20 Å². The van der Waals surface area contributed by atoms with Crippen molar-refractivity contribution in [3.8, 4) is 17.3 Å². The number of hydrogen-bond donors (Lipinski definition) is 1. The van der Waals surface area contributed by atoms with Crippen LogP contribution in [0.5, 0.6) is 0 Å². The number of hydrogen-bond acceptors (Lipinski definition) is 8. The molecule has 35 heavy (non-hydrogen) atoms. The fourth-order valence-electron chi connectivity index (χ4n) is 5.72. The second kappa shape index (κ2) is 10.4. The van der Waals surface area contributed by atoms with E-state index in [1.807, 2.05) is 25.3 Å². The third kappa shape index (κ3) is 5.00. The molecule has 5 rings (SSSR count). The van der Waals surface area contributed by atoms with Gasteiger partial charge in [-0.15, -0.1) is 4.99 Å². The third-order valence-electron chi connectivity index (χ3n) is 7.49. The highest BCUT2D eigenvalue weighted by Gasteiger charge is 2.31. The molecule has 10 nitrogen and oxygen atoms in total. The molecule has 2 aliphatic heterocycles. The van der Waals surface area contributed by atoms with Crippen LogP contribution in [0.2, 0.25) is 0 Å². The van der Waals surface area contributed by atoms with E-state index in [1.165, 1.54) is 25.7 Å². The standard InChI is InChI=1S/C25H34N10/c1-19-22(20-5-4-8-28-17-20)23(31-24(27)30-19)33-11-15-35(16-12-33)25(29-18-26)34-13-9-32(10-14-34)21-6-2-3-7-21/h4-5,8,17,21H,2-3,6-7,9-16H2,1H3,(H2,27,30,31). The van der Waals surface area contributed by atoms with Crippen molar-refractivity contribution < 1.29 is 0 Å². The van der Waals surface area contributed by atoms with Gasteiger partial charge in [0.25, 0.3) is 0 Å². The van der Waals surface area contributed by atoms with Crippen LogP contribution in [0.3, 0.4) is 0 Å². The molecule has 1 aliphatic carbocycles. The Balaban J connectivity index is 1.28. The molecule has 0 bridgehead atoms. The van der Waals surface area contributed by atoms with Gasteiger partial charge in [0.1, 0.15) is 5.82 Å². The Labute approximate surface area is 207 Å². The van der Waals surface area contributed by atoms with Gasteiger partial charge in [0, 0.05) is 81.9 Å². The van der Waals surface area contributed by atoms with Gasteiger partial charge in [-0.1, -0.05) is 18.9 Å². The van der Waals surface area contributed by atoms with E-state index < -0.39 is 0 Å². The number of nitrogens with zero attached hydrogens (tertiary/aromatic N) is 9. The van der Waals surface area contributed by atoms with Crippen LogP contribution in [-0.2, 0) is 0 Å². The van der Waals surface area contributed by atoms with Gasteiger partial charge in [-0.25, -0.2) is 4.98 Å². The summed E-state index contributed by atoms with van der Waals surface area (Å²) in [5.74, 6) is 1.93. The summed E-state index contributed by atoms with van der Waals surface area (Å²) in [6.07, 6.45) is 11.0. The summed E-state index contributed by atoms with van der Waals surface area (Å²) < 4.78 is 0. The molecule has 184 valence electrons. The van der Waals surface area contributed by atoms with Gasteiger partial charge in [0.05, 0.1) is 5.69 Å². The zero-order chi connectivity index (χ0) is 24.2. The van der Waals surface area contributed by atoms with E-state index in [4.69, 9.17) is 5.73 Å². The molecule has 2 aromatic rings. The lowest BCUT2D eigenvalue weighted by atomic mass is 10.1. The monoisotopic (exact) mass is 474 g/mol. The minimum Gasteiger partial charge on any atom is -0.368 e. The lowest BCUT2D eigenvalue weighted by Crippen LogP contribution is -2.58. The molecule has 3 aliphatic rings. The Kier molecular flexibility index (Phi) is 6.95. The lowest BCUT2D eigenvalue weighted by Gasteiger charge is -2.44. The fraction of sp³-hybridized carbons (Fsp3) is 0.560. The van der Waals surface area contributed by atoms with Crippen LogP contribution in [-0.4, -0.2) is 94.0 Å². The van der Waals surface area contributed by atoms with E-state index in [0.29, 0.717) is 0 Å². The van der Waals surface area contributed by atoms with Crippen LogP contribution in [0.1, 0.15) is 31.4 Å². The molecule has 0 aromatic carbocycles. The zero-order valence-electron chi connectivity index (χ0n) is 20.5. The summed E-state index contributed by atoms with van der Waals surface area (Å²) in [6.45, 7) is 8.94. The number of nitriles is 1. The smallest absolute Gasteiger partial charge is 0.222 e. The average molecular weight is 475 g/mol. The first-order valence-corrected chi connectivity index (χ1v) is 12.6. The molecular formula is C25H34N10. The minimum atomic E-state index is 0.277. The van der Waals surface area contributed by atoms with E-state index in [2.05, 4.69) is 45.7 Å². The van der Waals surface area contributed by atoms with Crippen molar-refractivity contribution in [1.29, 1.82) is 5.26 Å². The van der Waals surface area contributed by atoms with Crippen molar-refractivity contribution >= 4 is 17.7 Å². The number of aliphatic imine (C=N–C) groups is 1. The molecule has 1 saturated carbocycles. The Morgan fingerprint density at radius 2 is 1.71 bits per heavy atom. The number of aryl methyl sites for hydroxylation is 1. The number of nitrogen functional groups attached to an aromatic ring is 1. The molecule has 2 N–H and O–H groups in total. The summed E-state index contributed by atoms with van der Waals surface area (Å²) in [6, 6.07) is 4.69. The average Bonchev–Trinajstić information content (AvgIpc) is 3.43. The summed E-state index contributed by atoms with van der Waals surface area (Å²) >= 11 is 0. The molecular weight excluding hydrogens is 440 g/mol. The number of piperazine rings is 2. The lowest BCUT2D eigenvalue weighted by molar-refractivity contribution is 0.125. The number of guanidine groups is 1. The number of pyridine rings is 1. The van der Waals surface area contributed by atoms with Crippen LogP contribution in [0.4, 0.5) is 11.8 Å². The molecule has 3 fully saturated rings. The molecule has 0 spiro atoms. The molecule has 0 radical (unpaired) electrons. The summed E-state index contributed by atoms with van der Waals surface area (Å²) in [5.41, 5.74) is 8.83. The third-order valence-corrected chi connectivity index (χ3v) is 7.49. The highest BCUT2D eigenvalue weighted by Crippen LogP contribution is 2.32. The van der Waals surface area contributed by atoms with Gasteiger partial charge in [-0.3, -0.25) is 9.88 Å². The van der Waals surface area contributed by atoms with Gasteiger partial charge in [-0.2, -0.15) is 10.2 Å². The van der Waals surface area contributed by atoms with Gasteiger partial charge >= 0.3 is 0 Å². The first-order chi connectivity index (χ1) is 17.1. The van der Waals surface area contributed by atoms with Crippen LogP contribution >= 0.6 is 0 Å². The van der Waals surface area contributed by atoms with Crippen LogP contribution in [0.25, 0.3) is 11.1 Å². The predicted molar refractivity (Wildman–Crippen MR) is 137 cm³/mol. The Hall–Kier alpha value is -3.45. The van der Waals surface area contributed by atoms with Crippen molar-refractivity contribution in [3.05, 3.63) is 30.2 Å². The number of rotatable bonds is 3. The topological polar surface area (TPSA) is 114 Å². The van der Waals surface area contributed by atoms with E-state index >= 15 is 0 Å². The molecule has 0 atom stereocenters. The second-order valence-corrected chi connectivity index (χ2v) is 9.55. The van der Waals surface area contributed by atoms with Crippen molar-refractivity contribution in [2.45, 2.75) is 38.6 Å².